The van der Waals surface area contributed by atoms with Crippen LogP contribution in [0.25, 0.3) is 264 Å². The van der Waals surface area contributed by atoms with Crippen LogP contribution >= 0.6 is 0 Å². The normalized spacial score (nSPS) is 12.1. The van der Waals surface area contributed by atoms with Crippen LogP contribution in [0.2, 0.25) is 0 Å². The lowest BCUT2D eigenvalue weighted by molar-refractivity contribution is 1.19. The van der Waals surface area contributed by atoms with Crippen LogP contribution < -0.4 is 22.2 Å². The highest BCUT2D eigenvalue weighted by molar-refractivity contribution is 6.27. The van der Waals surface area contributed by atoms with Gasteiger partial charge in [-0.2, -0.15) is 0 Å². The number of benzene rings is 20. The molecule has 0 aliphatic rings. The summed E-state index contributed by atoms with van der Waals surface area (Å²) in [6, 6.07) is 140. The Kier molecular flexibility index (Phi) is 16.2. The second-order valence-electron chi connectivity index (χ2n) is 34.4. The van der Waals surface area contributed by atoms with Crippen molar-refractivity contribution in [1.29, 1.82) is 0 Å². The van der Waals surface area contributed by atoms with Gasteiger partial charge in [-0.1, -0.05) is 328 Å². The lowest BCUT2D eigenvalue weighted by atomic mass is 9.90. The molecule has 0 N–H and O–H groups in total. The predicted octanol–water partition coefficient (Wildman–Crippen LogP) is 27.7. The Balaban J connectivity index is 0.000000135. The van der Waals surface area contributed by atoms with Gasteiger partial charge in [0.05, 0.1) is 44.1 Å². The van der Waals surface area contributed by atoms with Gasteiger partial charge in [0.25, 0.3) is 22.2 Å². The Hall–Kier alpha value is -18.0. The molecule has 132 heavy (non-hydrogen) atoms. The summed E-state index contributed by atoms with van der Waals surface area (Å²) in [5.41, 5.74) is 28.5. The Labute approximate surface area is 750 Å². The molecule has 0 unspecified atom stereocenters. The summed E-state index contributed by atoms with van der Waals surface area (Å²) in [6.07, 6.45) is 0. The van der Waals surface area contributed by atoms with Crippen molar-refractivity contribution in [1.82, 2.24) is 37.5 Å². The number of pyridine rings is 4. The average molecular weight is 1690 g/mol. The zero-order valence-corrected chi connectivity index (χ0v) is 70.5. The Morgan fingerprint density at radius 2 is 0.326 bits per heavy atom. The Bertz CT molecular complexity index is 8930. The molecule has 0 radical (unpaired) electrons. The first-order chi connectivity index (χ1) is 65.2. The number of imidazole rings is 4. The SMILES string of the molecule is O=c1c2ccc(-c3ccc4c(=O)n5c6cc(-c7ccccc7)cc(-c7ccccc7)c6nc5c5cccc3c45)c3cccc(c32)c2nc3c(-c4ccccc4)cc(-c4ccccc4)cc3n12.O=c1c2cccc3c(-c4ccc5c6c4cccc6c(=O)n4c6cc(-c7ccccc7)cc(-c7ccccc7)c6nc54)ccc(c32)c2nc3c(-c4ccccc4)cc(-c4ccccc4)cc3n12. The number of fused-ring (bicyclic) bond motifs is 16. The van der Waals surface area contributed by atoms with Crippen LogP contribution in [-0.2, 0) is 0 Å². The van der Waals surface area contributed by atoms with Gasteiger partial charge >= 0.3 is 0 Å². The van der Waals surface area contributed by atoms with Gasteiger partial charge in [-0.05, 0) is 195 Å². The van der Waals surface area contributed by atoms with Crippen LogP contribution in [0, 0.1) is 0 Å². The topological polar surface area (TPSA) is 137 Å². The molecule has 0 amide bonds. The molecule has 20 aromatic carbocycles. The van der Waals surface area contributed by atoms with Crippen LogP contribution in [0.1, 0.15) is 0 Å². The smallest absolute Gasteiger partial charge is 0.264 e. The van der Waals surface area contributed by atoms with E-state index in [1.54, 1.807) is 17.6 Å². The quantitative estimate of drug-likeness (QED) is 0.132. The first-order valence-electron chi connectivity index (χ1n) is 44.3. The molecule has 12 heteroatoms. The monoisotopic (exact) mass is 1680 g/mol. The molecule has 8 aromatic heterocycles. The molecule has 8 heterocycles. The maximum atomic E-state index is 15.0. The summed E-state index contributed by atoms with van der Waals surface area (Å²) in [5, 5.41) is 13.3. The number of hydrogen-bond acceptors (Lipinski definition) is 8. The highest BCUT2D eigenvalue weighted by Gasteiger charge is 2.29. The molecule has 0 spiro atoms. The van der Waals surface area contributed by atoms with Crippen LogP contribution in [-0.4, -0.2) is 37.5 Å². The molecule has 28 rings (SSSR count). The summed E-state index contributed by atoms with van der Waals surface area (Å²) in [6.45, 7) is 0. The van der Waals surface area contributed by atoms with Crippen molar-refractivity contribution in [3.8, 4) is 111 Å². The van der Waals surface area contributed by atoms with Crippen molar-refractivity contribution in [2.45, 2.75) is 0 Å². The third kappa shape index (κ3) is 11.0. The van der Waals surface area contributed by atoms with E-state index in [0.29, 0.717) is 44.1 Å². The van der Waals surface area contributed by atoms with Gasteiger partial charge in [-0.3, -0.25) is 36.8 Å². The van der Waals surface area contributed by atoms with Gasteiger partial charge in [-0.25, -0.2) is 19.9 Å². The molecule has 28 aromatic rings. The minimum Gasteiger partial charge on any atom is -0.268 e. The molecule has 12 nitrogen and oxygen atoms in total. The minimum absolute atomic E-state index is 0.112. The van der Waals surface area contributed by atoms with Crippen LogP contribution in [0.5, 0.6) is 0 Å². The molecule has 0 aliphatic carbocycles. The molecule has 0 aliphatic heterocycles. The third-order valence-electron chi connectivity index (χ3n) is 27.2. The highest BCUT2D eigenvalue weighted by atomic mass is 16.1. The van der Waals surface area contributed by atoms with Gasteiger partial charge < -0.3 is 0 Å². The zero-order valence-electron chi connectivity index (χ0n) is 70.5. The molecule has 0 saturated heterocycles. The first kappa shape index (κ1) is 74.3. The van der Waals surface area contributed by atoms with Crippen molar-refractivity contribution >= 4 is 153 Å². The van der Waals surface area contributed by atoms with Crippen molar-refractivity contribution < 1.29 is 0 Å². The lowest BCUT2D eigenvalue weighted by Crippen LogP contribution is -2.14. The molecular formula is C120H68N8O4. The van der Waals surface area contributed by atoms with E-state index in [0.717, 1.165) is 220 Å². The van der Waals surface area contributed by atoms with E-state index < -0.39 is 0 Å². The van der Waals surface area contributed by atoms with E-state index in [9.17, 15) is 19.2 Å². The van der Waals surface area contributed by atoms with E-state index in [-0.39, 0.29) is 22.2 Å². The van der Waals surface area contributed by atoms with Gasteiger partial charge in [0.15, 0.2) is 0 Å². The number of nitrogens with zero attached hydrogens (tertiary/aromatic N) is 8. The van der Waals surface area contributed by atoms with Gasteiger partial charge in [0, 0.05) is 86.9 Å². The Morgan fingerprint density at radius 3 is 0.553 bits per heavy atom. The molecule has 0 fully saturated rings. The van der Waals surface area contributed by atoms with E-state index in [1.807, 2.05) is 182 Å². The van der Waals surface area contributed by atoms with Crippen molar-refractivity contribution in [2.75, 3.05) is 0 Å². The van der Waals surface area contributed by atoms with Crippen LogP contribution in [0.4, 0.5) is 0 Å². The van der Waals surface area contributed by atoms with Gasteiger partial charge in [-0.15, -0.1) is 0 Å². The average Bonchev–Trinajstić information content (AvgIpc) is 1.48. The van der Waals surface area contributed by atoms with E-state index in [1.165, 1.54) is 0 Å². The summed E-state index contributed by atoms with van der Waals surface area (Å²) in [5.74, 6) is 0. The second kappa shape index (κ2) is 28.8. The van der Waals surface area contributed by atoms with Crippen molar-refractivity contribution in [3.05, 3.63) is 454 Å². The van der Waals surface area contributed by atoms with Crippen molar-refractivity contribution in [3.63, 3.8) is 0 Å². The minimum atomic E-state index is -0.112. The second-order valence-corrected chi connectivity index (χ2v) is 34.4. The van der Waals surface area contributed by atoms with Crippen LogP contribution in [0.3, 0.4) is 0 Å². The summed E-state index contributed by atoms with van der Waals surface area (Å²) in [7, 11) is 0. The molecule has 612 valence electrons. The Morgan fingerprint density at radius 1 is 0.144 bits per heavy atom. The van der Waals surface area contributed by atoms with Crippen LogP contribution in [0.15, 0.2) is 432 Å². The number of rotatable bonds is 10. The molecule has 0 atom stereocenters. The fourth-order valence-electron chi connectivity index (χ4n) is 21.3. The van der Waals surface area contributed by atoms with E-state index in [2.05, 4.69) is 231 Å². The fraction of sp³-hybridized carbons (Fsp3) is 0. The van der Waals surface area contributed by atoms with Gasteiger partial charge in [0.2, 0.25) is 0 Å². The molecular weight excluding hydrogens is 1620 g/mol. The number of hydrogen-bond donors (Lipinski definition) is 0. The maximum Gasteiger partial charge on any atom is 0.264 e. The standard InChI is InChI=1S/2C60H34N4O2/c65-59-47-25-13-23-43-41(27-29-45(53(43)47)57-61-55-49(37-19-9-3-10-20-37)31-39(33-51(55)63(57)59)35-15-5-1-6-16-35)42-28-30-46-54-44(42)24-14-26-48(54)60(66)64-52-34-40(36-17-7-2-8-18-36)32-50(56(52)62-58(46)64)38-21-11-4-12-22-38;65-59-47-29-27-41(43-23-13-25-45(53(43)47)57-61-55-49(37-19-9-3-10-20-37)31-39(33-51(55)63(57)59)35-15-5-1-6-16-35)42-28-30-48-54-44(42)24-14-26-46(54)58-62-56-50(38-21-11-4-12-22-38)32-40(36-17-7-2-8-18-36)34-52(56)64(58)60(48)66/h2*1-34H. The molecule has 0 saturated carbocycles. The summed E-state index contributed by atoms with van der Waals surface area (Å²) >= 11 is 0. The highest BCUT2D eigenvalue weighted by Crippen LogP contribution is 2.48. The number of aromatic nitrogens is 8. The molecule has 0 bridgehead atoms. The maximum absolute atomic E-state index is 15.0. The largest absolute Gasteiger partial charge is 0.268 e. The predicted molar refractivity (Wildman–Crippen MR) is 542 cm³/mol. The van der Waals surface area contributed by atoms with E-state index >= 15 is 0 Å². The van der Waals surface area contributed by atoms with E-state index in [4.69, 9.17) is 19.9 Å². The first-order valence-corrected chi connectivity index (χ1v) is 44.3. The van der Waals surface area contributed by atoms with Crippen molar-refractivity contribution in [2.24, 2.45) is 0 Å². The fourth-order valence-corrected chi connectivity index (χ4v) is 21.3. The lowest BCUT2D eigenvalue weighted by Gasteiger charge is -2.15. The zero-order chi connectivity index (χ0) is 87.2. The van der Waals surface area contributed by atoms with Gasteiger partial charge in [0.1, 0.15) is 22.6 Å². The third-order valence-corrected chi connectivity index (χ3v) is 27.2. The summed E-state index contributed by atoms with van der Waals surface area (Å²) in [4.78, 5) is 81.2. The summed E-state index contributed by atoms with van der Waals surface area (Å²) < 4.78 is 7.21.